The van der Waals surface area contributed by atoms with Crippen LogP contribution in [0.5, 0.6) is 0 Å². The highest BCUT2D eigenvalue weighted by molar-refractivity contribution is 5.89. The summed E-state index contributed by atoms with van der Waals surface area (Å²) in [4.78, 5) is 24.0. The topological polar surface area (TPSA) is 102 Å². The summed E-state index contributed by atoms with van der Waals surface area (Å²) in [5.74, 6) is -1.28. The summed E-state index contributed by atoms with van der Waals surface area (Å²) in [6.45, 7) is -0.286. The number of aliphatic hydroxyl groups excluding tert-OH is 2. The van der Waals surface area contributed by atoms with Gasteiger partial charge < -0.3 is 24.4 Å². The minimum Gasteiger partial charge on any atom is -0.459 e. The molecule has 4 atom stereocenters. The van der Waals surface area contributed by atoms with Crippen LogP contribution in [0.3, 0.4) is 0 Å². The van der Waals surface area contributed by atoms with Crippen LogP contribution in [0.2, 0.25) is 0 Å². The fourth-order valence-electron chi connectivity index (χ4n) is 2.56. The molecule has 0 radical (unpaired) electrons. The van der Waals surface area contributed by atoms with E-state index in [1.165, 1.54) is 0 Å². The zero-order valence-electron chi connectivity index (χ0n) is 13.7. The Hall–Kier alpha value is -2.74. The van der Waals surface area contributed by atoms with Crippen molar-refractivity contribution in [1.82, 2.24) is 0 Å². The molecule has 1 heterocycles. The van der Waals surface area contributed by atoms with E-state index in [2.05, 4.69) is 0 Å². The maximum absolute atomic E-state index is 12.1. The predicted octanol–water partition coefficient (Wildman–Crippen LogP) is 1.15. The number of hydrogen-bond acceptors (Lipinski definition) is 7. The van der Waals surface area contributed by atoms with Crippen LogP contribution < -0.4 is 0 Å². The smallest absolute Gasteiger partial charge is 0.338 e. The van der Waals surface area contributed by atoms with E-state index >= 15 is 0 Å². The van der Waals surface area contributed by atoms with Crippen molar-refractivity contribution >= 4 is 11.9 Å². The van der Waals surface area contributed by atoms with E-state index in [-0.39, 0.29) is 12.2 Å². The van der Waals surface area contributed by atoms with Crippen LogP contribution in [0.15, 0.2) is 60.7 Å². The Morgan fingerprint density at radius 3 is 2.00 bits per heavy atom. The van der Waals surface area contributed by atoms with Crippen molar-refractivity contribution in [1.29, 1.82) is 0 Å². The predicted molar refractivity (Wildman–Crippen MR) is 89.3 cm³/mol. The number of rotatable bonds is 5. The van der Waals surface area contributed by atoms with Gasteiger partial charge in [0.25, 0.3) is 0 Å². The van der Waals surface area contributed by atoms with Crippen molar-refractivity contribution < 1.29 is 34.0 Å². The molecule has 7 nitrogen and oxygen atoms in total. The quantitative estimate of drug-likeness (QED) is 0.773. The third-order valence-electron chi connectivity index (χ3n) is 3.95. The largest absolute Gasteiger partial charge is 0.459 e. The lowest BCUT2D eigenvalue weighted by Gasteiger charge is -2.18. The van der Waals surface area contributed by atoms with Crippen LogP contribution in [-0.2, 0) is 14.2 Å². The number of benzene rings is 2. The highest BCUT2D eigenvalue weighted by atomic mass is 16.7. The van der Waals surface area contributed by atoms with E-state index in [0.717, 1.165) is 0 Å². The molecule has 7 heteroatoms. The normalized spacial score (nSPS) is 24.8. The SMILES string of the molecule is O=C(OC[C@H]1OC(O)[C@H](OC(=O)c2ccccc2)[C@@H]1O)c1ccccc1. The van der Waals surface area contributed by atoms with Crippen molar-refractivity contribution in [3.63, 3.8) is 0 Å². The van der Waals surface area contributed by atoms with Gasteiger partial charge in [-0.2, -0.15) is 0 Å². The Kier molecular flexibility index (Phi) is 5.62. The lowest BCUT2D eigenvalue weighted by Crippen LogP contribution is -2.38. The number of ether oxygens (including phenoxy) is 3. The molecule has 1 aliphatic rings. The van der Waals surface area contributed by atoms with E-state index in [4.69, 9.17) is 14.2 Å². The first-order valence-electron chi connectivity index (χ1n) is 8.06. The Morgan fingerprint density at radius 1 is 0.885 bits per heavy atom. The molecule has 0 aliphatic carbocycles. The molecule has 2 aromatic rings. The summed E-state index contributed by atoms with van der Waals surface area (Å²) >= 11 is 0. The van der Waals surface area contributed by atoms with Crippen molar-refractivity contribution in [2.45, 2.75) is 24.6 Å². The van der Waals surface area contributed by atoms with Gasteiger partial charge in [-0.15, -0.1) is 0 Å². The summed E-state index contributed by atoms with van der Waals surface area (Å²) in [5.41, 5.74) is 0.637. The van der Waals surface area contributed by atoms with Crippen molar-refractivity contribution in [3.05, 3.63) is 71.8 Å². The molecule has 0 bridgehead atoms. The maximum atomic E-state index is 12.1. The van der Waals surface area contributed by atoms with Crippen molar-refractivity contribution in [3.8, 4) is 0 Å². The Morgan fingerprint density at radius 2 is 1.42 bits per heavy atom. The fraction of sp³-hybridized carbons (Fsp3) is 0.263. The van der Waals surface area contributed by atoms with Crippen LogP contribution in [-0.4, -0.2) is 53.4 Å². The zero-order chi connectivity index (χ0) is 18.5. The van der Waals surface area contributed by atoms with Gasteiger partial charge in [0, 0.05) is 0 Å². The minimum atomic E-state index is -1.52. The lowest BCUT2D eigenvalue weighted by atomic mass is 10.1. The highest BCUT2D eigenvalue weighted by Crippen LogP contribution is 2.24. The molecule has 3 rings (SSSR count). The molecule has 136 valence electrons. The second kappa shape index (κ2) is 8.09. The second-order valence-corrected chi connectivity index (χ2v) is 5.76. The molecule has 0 spiro atoms. The van der Waals surface area contributed by atoms with Gasteiger partial charge in [0.05, 0.1) is 11.1 Å². The molecule has 1 unspecified atom stereocenters. The summed E-state index contributed by atoms with van der Waals surface area (Å²) < 4.78 is 15.4. The van der Waals surface area contributed by atoms with Gasteiger partial charge in [0.15, 0.2) is 12.4 Å². The first-order valence-corrected chi connectivity index (χ1v) is 8.06. The average molecular weight is 358 g/mol. The molecule has 1 aliphatic heterocycles. The number of hydrogen-bond donors (Lipinski definition) is 2. The molecule has 0 saturated carbocycles. The first-order chi connectivity index (χ1) is 12.6. The van der Waals surface area contributed by atoms with Crippen LogP contribution in [0, 0.1) is 0 Å². The monoisotopic (exact) mass is 358 g/mol. The summed E-state index contributed by atoms with van der Waals surface area (Å²) in [6, 6.07) is 16.5. The summed E-state index contributed by atoms with van der Waals surface area (Å²) in [5, 5.41) is 20.2. The van der Waals surface area contributed by atoms with Crippen molar-refractivity contribution in [2.75, 3.05) is 6.61 Å². The van der Waals surface area contributed by atoms with E-state index in [1.54, 1.807) is 60.7 Å². The number of carbonyl (C=O) groups excluding carboxylic acids is 2. The fourth-order valence-corrected chi connectivity index (χ4v) is 2.56. The van der Waals surface area contributed by atoms with E-state index in [9.17, 15) is 19.8 Å². The van der Waals surface area contributed by atoms with Gasteiger partial charge >= 0.3 is 11.9 Å². The van der Waals surface area contributed by atoms with E-state index in [0.29, 0.717) is 5.56 Å². The first kappa shape index (κ1) is 18.1. The third kappa shape index (κ3) is 4.08. The molecule has 1 saturated heterocycles. The zero-order valence-corrected chi connectivity index (χ0v) is 13.7. The van der Waals surface area contributed by atoms with E-state index in [1.807, 2.05) is 0 Å². The molecule has 2 aromatic carbocycles. The van der Waals surface area contributed by atoms with Crippen LogP contribution in [0.25, 0.3) is 0 Å². The van der Waals surface area contributed by atoms with Gasteiger partial charge in [-0.05, 0) is 24.3 Å². The molecule has 0 amide bonds. The average Bonchev–Trinajstić information content (AvgIpc) is 2.95. The highest BCUT2D eigenvalue weighted by Gasteiger charge is 2.46. The maximum Gasteiger partial charge on any atom is 0.338 e. The Balaban J connectivity index is 1.56. The number of carbonyl (C=O) groups is 2. The van der Waals surface area contributed by atoms with Gasteiger partial charge in [-0.1, -0.05) is 36.4 Å². The van der Waals surface area contributed by atoms with Gasteiger partial charge in [-0.3, -0.25) is 0 Å². The second-order valence-electron chi connectivity index (χ2n) is 5.76. The van der Waals surface area contributed by atoms with Gasteiger partial charge in [0.1, 0.15) is 18.8 Å². The third-order valence-corrected chi connectivity index (χ3v) is 3.95. The standard InChI is InChI=1S/C19H18O7/c20-15-14(11-24-17(21)12-7-3-1-4-8-12)25-19(23)16(15)26-18(22)13-9-5-2-6-10-13/h1-10,14-16,19-20,23H,11H2/t14-,15-,16-,19?/m1/s1. The molecule has 0 aromatic heterocycles. The van der Waals surface area contributed by atoms with E-state index < -0.39 is 36.5 Å². The number of esters is 2. The molecule has 1 fully saturated rings. The van der Waals surface area contributed by atoms with Crippen LogP contribution in [0.4, 0.5) is 0 Å². The van der Waals surface area contributed by atoms with Crippen LogP contribution >= 0.6 is 0 Å². The summed E-state index contributed by atoms with van der Waals surface area (Å²) in [7, 11) is 0. The lowest BCUT2D eigenvalue weighted by molar-refractivity contribution is -0.135. The number of aliphatic hydroxyl groups is 2. The summed E-state index contributed by atoms with van der Waals surface area (Å²) in [6.07, 6.45) is -5.13. The molecule has 2 N–H and O–H groups in total. The van der Waals surface area contributed by atoms with Gasteiger partial charge in [-0.25, -0.2) is 9.59 Å². The Bertz CT molecular complexity index is 747. The molecular weight excluding hydrogens is 340 g/mol. The molecule has 26 heavy (non-hydrogen) atoms. The van der Waals surface area contributed by atoms with Gasteiger partial charge in [0.2, 0.25) is 0 Å². The van der Waals surface area contributed by atoms with Crippen molar-refractivity contribution in [2.24, 2.45) is 0 Å². The molecular formula is C19H18O7. The van der Waals surface area contributed by atoms with Crippen LogP contribution in [0.1, 0.15) is 20.7 Å². The Labute approximate surface area is 149 Å². The minimum absolute atomic E-state index is 0.283.